The molecule has 2 nitrogen and oxygen atoms in total. The molecule has 3 aliphatic rings. The number of rotatable bonds is 1. The Hall–Kier alpha value is -0.440. The summed E-state index contributed by atoms with van der Waals surface area (Å²) in [5.74, 6) is 2.43. The third-order valence-electron chi connectivity index (χ3n) is 4.45. The lowest BCUT2D eigenvalue weighted by Gasteiger charge is -2.37. The standard InChI is InChI=1S/C14H22N2S/c1-10(2)13-6-7-17-14-15-8-11-4-3-5-12(11)9-16(13)14/h6-7,10-13H,3-5,8-9H2,1-2H3. The van der Waals surface area contributed by atoms with Gasteiger partial charge in [-0.05, 0) is 36.0 Å². The van der Waals surface area contributed by atoms with Gasteiger partial charge in [-0.2, -0.15) is 0 Å². The molecule has 1 saturated carbocycles. The molecule has 0 aromatic heterocycles. The SMILES string of the molecule is CC(C)C1C=CSC2=NCC3CCCC3CN21. The maximum atomic E-state index is 4.87. The highest BCUT2D eigenvalue weighted by molar-refractivity contribution is 8.16. The van der Waals surface area contributed by atoms with Crippen LogP contribution in [0.25, 0.3) is 0 Å². The van der Waals surface area contributed by atoms with Crippen molar-refractivity contribution < 1.29 is 0 Å². The van der Waals surface area contributed by atoms with Gasteiger partial charge in [0.25, 0.3) is 0 Å². The second kappa shape index (κ2) is 4.68. The summed E-state index contributed by atoms with van der Waals surface area (Å²) >= 11 is 1.82. The summed E-state index contributed by atoms with van der Waals surface area (Å²) in [6.07, 6.45) is 6.61. The van der Waals surface area contributed by atoms with Crippen molar-refractivity contribution in [2.24, 2.45) is 22.7 Å². The van der Waals surface area contributed by atoms with Crippen LogP contribution >= 0.6 is 11.8 Å². The molecule has 3 heteroatoms. The lowest BCUT2D eigenvalue weighted by atomic mass is 9.94. The maximum Gasteiger partial charge on any atom is 0.164 e. The van der Waals surface area contributed by atoms with Crippen molar-refractivity contribution in [3.8, 4) is 0 Å². The van der Waals surface area contributed by atoms with Crippen LogP contribution in [-0.2, 0) is 0 Å². The molecule has 1 fully saturated rings. The number of fused-ring (bicyclic) bond motifs is 2. The number of hydrogen-bond donors (Lipinski definition) is 0. The second-order valence-corrected chi connectivity index (χ2v) is 6.78. The van der Waals surface area contributed by atoms with Crippen molar-refractivity contribution in [1.82, 2.24) is 4.90 Å². The molecule has 3 unspecified atom stereocenters. The van der Waals surface area contributed by atoms with Gasteiger partial charge in [0.15, 0.2) is 5.17 Å². The highest BCUT2D eigenvalue weighted by Gasteiger charge is 2.35. The Kier molecular flexibility index (Phi) is 3.20. The molecule has 0 aromatic carbocycles. The van der Waals surface area contributed by atoms with E-state index in [1.807, 2.05) is 11.8 Å². The van der Waals surface area contributed by atoms with E-state index in [4.69, 9.17) is 4.99 Å². The number of thioether (sulfide) groups is 1. The Morgan fingerprint density at radius 1 is 1.35 bits per heavy atom. The van der Waals surface area contributed by atoms with Crippen molar-refractivity contribution in [2.75, 3.05) is 13.1 Å². The van der Waals surface area contributed by atoms with E-state index in [-0.39, 0.29) is 0 Å². The van der Waals surface area contributed by atoms with E-state index in [0.29, 0.717) is 12.0 Å². The predicted octanol–water partition coefficient (Wildman–Crippen LogP) is 3.36. The molecule has 0 N–H and O–H groups in total. The zero-order chi connectivity index (χ0) is 11.8. The summed E-state index contributed by atoms with van der Waals surface area (Å²) in [5, 5.41) is 3.52. The predicted molar refractivity (Wildman–Crippen MR) is 75.2 cm³/mol. The van der Waals surface area contributed by atoms with Crippen LogP contribution in [0, 0.1) is 17.8 Å². The molecular weight excluding hydrogens is 228 g/mol. The Balaban J connectivity index is 1.85. The minimum Gasteiger partial charge on any atom is -0.344 e. The third-order valence-corrected chi connectivity index (χ3v) is 5.31. The highest BCUT2D eigenvalue weighted by Crippen LogP contribution is 2.37. The van der Waals surface area contributed by atoms with E-state index in [0.717, 1.165) is 18.4 Å². The molecule has 0 amide bonds. The van der Waals surface area contributed by atoms with Crippen LogP contribution in [0.1, 0.15) is 33.1 Å². The lowest BCUT2D eigenvalue weighted by molar-refractivity contribution is 0.243. The smallest absolute Gasteiger partial charge is 0.164 e. The number of hydrogen-bond acceptors (Lipinski definition) is 3. The quantitative estimate of drug-likeness (QED) is 0.709. The van der Waals surface area contributed by atoms with E-state index in [1.165, 1.54) is 31.0 Å². The third kappa shape index (κ3) is 2.14. The summed E-state index contributed by atoms with van der Waals surface area (Å²) in [4.78, 5) is 7.45. The van der Waals surface area contributed by atoms with Crippen LogP contribution in [0.4, 0.5) is 0 Å². The summed E-state index contributed by atoms with van der Waals surface area (Å²) in [6, 6.07) is 0.564. The van der Waals surface area contributed by atoms with Gasteiger partial charge >= 0.3 is 0 Å². The Labute approximate surface area is 109 Å². The average molecular weight is 250 g/mol. The van der Waals surface area contributed by atoms with Crippen LogP contribution < -0.4 is 0 Å². The van der Waals surface area contributed by atoms with Gasteiger partial charge < -0.3 is 4.90 Å². The van der Waals surface area contributed by atoms with E-state index in [9.17, 15) is 0 Å². The van der Waals surface area contributed by atoms with Gasteiger partial charge in [-0.3, -0.25) is 4.99 Å². The van der Waals surface area contributed by atoms with Crippen LogP contribution in [0.15, 0.2) is 16.5 Å². The topological polar surface area (TPSA) is 15.6 Å². The van der Waals surface area contributed by atoms with Gasteiger partial charge in [0.1, 0.15) is 0 Å². The Morgan fingerprint density at radius 2 is 2.18 bits per heavy atom. The molecule has 0 saturated heterocycles. The molecule has 2 heterocycles. The van der Waals surface area contributed by atoms with Crippen molar-refractivity contribution in [2.45, 2.75) is 39.2 Å². The molecule has 3 rings (SSSR count). The molecule has 0 spiro atoms. The van der Waals surface area contributed by atoms with Crippen molar-refractivity contribution in [3.63, 3.8) is 0 Å². The molecule has 2 aliphatic heterocycles. The molecule has 0 aromatic rings. The van der Waals surface area contributed by atoms with Crippen molar-refractivity contribution in [1.29, 1.82) is 0 Å². The average Bonchev–Trinajstić information content (AvgIpc) is 2.67. The van der Waals surface area contributed by atoms with Crippen LogP contribution in [0.5, 0.6) is 0 Å². The van der Waals surface area contributed by atoms with Gasteiger partial charge in [-0.1, -0.05) is 38.1 Å². The summed E-state index contributed by atoms with van der Waals surface area (Å²) < 4.78 is 0. The molecule has 1 aliphatic carbocycles. The number of aliphatic imine (C=N–C) groups is 1. The van der Waals surface area contributed by atoms with Gasteiger partial charge in [-0.15, -0.1) is 0 Å². The molecule has 0 bridgehead atoms. The molecule has 0 radical (unpaired) electrons. The summed E-state index contributed by atoms with van der Waals surface area (Å²) in [7, 11) is 0. The van der Waals surface area contributed by atoms with Crippen LogP contribution in [0.2, 0.25) is 0 Å². The monoisotopic (exact) mass is 250 g/mol. The molecule has 3 atom stereocenters. The largest absolute Gasteiger partial charge is 0.344 e. The first-order valence-corrected chi connectivity index (χ1v) is 7.78. The van der Waals surface area contributed by atoms with Gasteiger partial charge in [-0.25, -0.2) is 0 Å². The molecule has 94 valence electrons. The van der Waals surface area contributed by atoms with Crippen LogP contribution in [-0.4, -0.2) is 29.2 Å². The van der Waals surface area contributed by atoms with Crippen molar-refractivity contribution >= 4 is 16.9 Å². The van der Waals surface area contributed by atoms with Gasteiger partial charge in [0, 0.05) is 13.1 Å². The van der Waals surface area contributed by atoms with E-state index < -0.39 is 0 Å². The summed E-state index contributed by atoms with van der Waals surface area (Å²) in [5.41, 5.74) is 0. The minimum atomic E-state index is 0.564. The Bertz CT molecular complexity index is 348. The minimum absolute atomic E-state index is 0.564. The van der Waals surface area contributed by atoms with E-state index in [2.05, 4.69) is 30.2 Å². The molecule has 17 heavy (non-hydrogen) atoms. The number of amidine groups is 1. The normalized spacial score (nSPS) is 36.5. The zero-order valence-electron chi connectivity index (χ0n) is 10.8. The maximum absolute atomic E-state index is 4.87. The highest BCUT2D eigenvalue weighted by atomic mass is 32.2. The first kappa shape index (κ1) is 11.6. The number of nitrogens with zero attached hydrogens (tertiary/aromatic N) is 2. The fourth-order valence-electron chi connectivity index (χ4n) is 3.43. The van der Waals surface area contributed by atoms with Crippen molar-refractivity contribution in [3.05, 3.63) is 11.5 Å². The fourth-order valence-corrected chi connectivity index (χ4v) is 4.27. The first-order chi connectivity index (χ1) is 8.25. The van der Waals surface area contributed by atoms with E-state index >= 15 is 0 Å². The summed E-state index contributed by atoms with van der Waals surface area (Å²) in [6.45, 7) is 6.95. The van der Waals surface area contributed by atoms with E-state index in [1.54, 1.807) is 0 Å². The first-order valence-electron chi connectivity index (χ1n) is 6.90. The fraction of sp³-hybridized carbons (Fsp3) is 0.786. The Morgan fingerprint density at radius 3 is 3.00 bits per heavy atom. The van der Waals surface area contributed by atoms with Gasteiger partial charge in [0.2, 0.25) is 0 Å². The zero-order valence-corrected chi connectivity index (χ0v) is 11.6. The van der Waals surface area contributed by atoms with Crippen LogP contribution in [0.3, 0.4) is 0 Å². The lowest BCUT2D eigenvalue weighted by Crippen LogP contribution is -2.44. The second-order valence-electron chi connectivity index (χ2n) is 5.91. The van der Waals surface area contributed by atoms with Gasteiger partial charge in [0.05, 0.1) is 6.04 Å². The molecular formula is C14H22N2S.